The van der Waals surface area contributed by atoms with Crippen molar-refractivity contribution in [1.82, 2.24) is 10.6 Å². The minimum Gasteiger partial charge on any atom is -0.507 e. The van der Waals surface area contributed by atoms with E-state index in [9.17, 15) is 14.7 Å². The zero-order valence-electron chi connectivity index (χ0n) is 9.69. The average molecular weight is 236 g/mol. The minimum atomic E-state index is -0.382. The lowest BCUT2D eigenvalue weighted by Crippen LogP contribution is -2.30. The van der Waals surface area contributed by atoms with Crippen LogP contribution >= 0.6 is 0 Å². The predicted molar refractivity (Wildman–Crippen MR) is 63.7 cm³/mol. The van der Waals surface area contributed by atoms with Gasteiger partial charge in [0.05, 0.1) is 5.56 Å². The van der Waals surface area contributed by atoms with Crippen LogP contribution in [0.25, 0.3) is 0 Å². The smallest absolute Gasteiger partial charge is 0.255 e. The van der Waals surface area contributed by atoms with E-state index >= 15 is 0 Å². The van der Waals surface area contributed by atoms with Crippen LogP contribution in [0.1, 0.15) is 23.7 Å². The maximum absolute atomic E-state index is 11.6. The van der Waals surface area contributed by atoms with Gasteiger partial charge in [0.25, 0.3) is 5.91 Å². The van der Waals surface area contributed by atoms with E-state index in [-0.39, 0.29) is 36.1 Å². The summed E-state index contributed by atoms with van der Waals surface area (Å²) in [5.41, 5.74) is 0.211. The van der Waals surface area contributed by atoms with Gasteiger partial charge in [0.15, 0.2) is 0 Å². The number of para-hydroxylation sites is 1. The zero-order valence-corrected chi connectivity index (χ0v) is 9.69. The van der Waals surface area contributed by atoms with Crippen LogP contribution in [0, 0.1) is 0 Å². The molecule has 5 heteroatoms. The number of aromatic hydroxyl groups is 1. The summed E-state index contributed by atoms with van der Waals surface area (Å²) >= 11 is 0. The fraction of sp³-hybridized carbons (Fsp3) is 0.333. The van der Waals surface area contributed by atoms with Gasteiger partial charge in [0.1, 0.15) is 5.75 Å². The average Bonchev–Trinajstić information content (AvgIpc) is 2.29. The van der Waals surface area contributed by atoms with Gasteiger partial charge in [-0.1, -0.05) is 12.1 Å². The molecular formula is C12H16N2O3. The van der Waals surface area contributed by atoms with Gasteiger partial charge in [0, 0.05) is 19.5 Å². The Labute approximate surface area is 99.8 Å². The number of phenolic OH excluding ortho intramolecular Hbond substituents is 1. The van der Waals surface area contributed by atoms with Crippen LogP contribution in [0.5, 0.6) is 5.75 Å². The summed E-state index contributed by atoms with van der Waals surface area (Å²) in [7, 11) is 0. The summed E-state index contributed by atoms with van der Waals surface area (Å²) in [5, 5.41) is 14.6. The first-order chi connectivity index (χ1) is 8.15. The van der Waals surface area contributed by atoms with E-state index in [4.69, 9.17) is 0 Å². The van der Waals surface area contributed by atoms with Gasteiger partial charge in [-0.2, -0.15) is 0 Å². The number of phenols is 1. The lowest BCUT2D eigenvalue weighted by atomic mass is 10.2. The van der Waals surface area contributed by atoms with E-state index in [2.05, 4.69) is 10.6 Å². The summed E-state index contributed by atoms with van der Waals surface area (Å²) in [4.78, 5) is 22.7. The summed E-state index contributed by atoms with van der Waals surface area (Å²) in [6.45, 7) is 2.66. The third-order valence-corrected chi connectivity index (χ3v) is 2.16. The molecule has 0 aliphatic heterocycles. The Morgan fingerprint density at radius 1 is 1.24 bits per heavy atom. The van der Waals surface area contributed by atoms with E-state index in [1.807, 2.05) is 6.92 Å². The molecule has 0 atom stereocenters. The highest BCUT2D eigenvalue weighted by Gasteiger charge is 2.09. The van der Waals surface area contributed by atoms with E-state index in [0.29, 0.717) is 6.54 Å². The molecule has 0 saturated heterocycles. The molecule has 0 spiro atoms. The topological polar surface area (TPSA) is 78.4 Å². The van der Waals surface area contributed by atoms with E-state index < -0.39 is 0 Å². The monoisotopic (exact) mass is 236 g/mol. The number of hydrogen-bond donors (Lipinski definition) is 3. The third kappa shape index (κ3) is 4.14. The van der Waals surface area contributed by atoms with Crippen LogP contribution < -0.4 is 10.6 Å². The third-order valence-electron chi connectivity index (χ3n) is 2.16. The Morgan fingerprint density at radius 2 is 1.94 bits per heavy atom. The molecule has 5 nitrogen and oxygen atoms in total. The minimum absolute atomic E-state index is 0.0667. The number of carbonyl (C=O) groups is 2. The number of benzene rings is 1. The molecule has 3 N–H and O–H groups in total. The van der Waals surface area contributed by atoms with Crippen LogP contribution in [-0.2, 0) is 4.79 Å². The van der Waals surface area contributed by atoms with Crippen molar-refractivity contribution in [3.8, 4) is 5.75 Å². The van der Waals surface area contributed by atoms with Gasteiger partial charge in [-0.15, -0.1) is 0 Å². The first-order valence-electron chi connectivity index (χ1n) is 5.48. The zero-order chi connectivity index (χ0) is 12.7. The van der Waals surface area contributed by atoms with Crippen molar-refractivity contribution in [2.45, 2.75) is 13.3 Å². The summed E-state index contributed by atoms with van der Waals surface area (Å²) in [6.07, 6.45) is 0.229. The molecule has 0 aliphatic carbocycles. The molecule has 92 valence electrons. The van der Waals surface area contributed by atoms with E-state index in [0.717, 1.165) is 0 Å². The number of rotatable bonds is 5. The number of amides is 2. The largest absolute Gasteiger partial charge is 0.507 e. The maximum atomic E-state index is 11.6. The molecular weight excluding hydrogens is 220 g/mol. The van der Waals surface area contributed by atoms with Crippen molar-refractivity contribution in [1.29, 1.82) is 0 Å². The number of hydrogen-bond acceptors (Lipinski definition) is 3. The van der Waals surface area contributed by atoms with E-state index in [1.165, 1.54) is 12.1 Å². The lowest BCUT2D eigenvalue weighted by Gasteiger charge is -2.06. The Kier molecular flexibility index (Phi) is 5.00. The summed E-state index contributed by atoms with van der Waals surface area (Å²) < 4.78 is 0. The van der Waals surface area contributed by atoms with Crippen molar-refractivity contribution < 1.29 is 14.7 Å². The molecule has 1 rings (SSSR count). The molecule has 17 heavy (non-hydrogen) atoms. The second-order valence-electron chi connectivity index (χ2n) is 3.48. The van der Waals surface area contributed by atoms with Crippen LogP contribution in [0.15, 0.2) is 24.3 Å². The fourth-order valence-electron chi connectivity index (χ4n) is 1.34. The highest BCUT2D eigenvalue weighted by Crippen LogP contribution is 2.14. The van der Waals surface area contributed by atoms with Gasteiger partial charge in [-0.25, -0.2) is 0 Å². The highest BCUT2D eigenvalue weighted by atomic mass is 16.3. The molecule has 0 aromatic heterocycles. The first kappa shape index (κ1) is 13.0. The molecule has 1 aromatic rings. The van der Waals surface area contributed by atoms with Gasteiger partial charge in [-0.3, -0.25) is 9.59 Å². The first-order valence-corrected chi connectivity index (χ1v) is 5.48. The van der Waals surface area contributed by atoms with Crippen molar-refractivity contribution in [3.63, 3.8) is 0 Å². The molecule has 2 amide bonds. The quantitative estimate of drug-likeness (QED) is 0.702. The molecule has 0 unspecified atom stereocenters. The van der Waals surface area contributed by atoms with Crippen molar-refractivity contribution >= 4 is 11.8 Å². The second-order valence-corrected chi connectivity index (χ2v) is 3.48. The Bertz CT molecular complexity index is 404. The maximum Gasteiger partial charge on any atom is 0.255 e. The number of nitrogens with one attached hydrogen (secondary N) is 2. The molecule has 0 heterocycles. The Morgan fingerprint density at radius 3 is 2.59 bits per heavy atom. The number of carbonyl (C=O) groups excluding carboxylic acids is 2. The van der Waals surface area contributed by atoms with Crippen molar-refractivity contribution in [2.75, 3.05) is 13.1 Å². The predicted octanol–water partition coefficient (Wildman–Crippen LogP) is 0.648. The van der Waals surface area contributed by atoms with E-state index in [1.54, 1.807) is 12.1 Å². The van der Waals surface area contributed by atoms with Gasteiger partial charge >= 0.3 is 0 Å². The van der Waals surface area contributed by atoms with Crippen molar-refractivity contribution in [2.24, 2.45) is 0 Å². The van der Waals surface area contributed by atoms with Crippen LogP contribution in [0.2, 0.25) is 0 Å². The van der Waals surface area contributed by atoms with Crippen molar-refractivity contribution in [3.05, 3.63) is 29.8 Å². The molecule has 0 aliphatic rings. The molecule has 0 saturated carbocycles. The molecule has 1 aromatic carbocycles. The normalized spacial score (nSPS) is 9.71. The molecule has 0 bridgehead atoms. The standard InChI is InChI=1S/C12H16N2O3/c1-2-13-11(16)7-8-14-12(17)9-5-3-4-6-10(9)15/h3-6,15H,2,7-8H2,1H3,(H,13,16)(H,14,17). The fourth-order valence-corrected chi connectivity index (χ4v) is 1.34. The summed E-state index contributed by atoms with van der Waals surface area (Å²) in [5.74, 6) is -0.555. The highest BCUT2D eigenvalue weighted by molar-refractivity contribution is 5.96. The van der Waals surface area contributed by atoms with Gasteiger partial charge in [-0.05, 0) is 19.1 Å². The van der Waals surface area contributed by atoms with Crippen LogP contribution in [-0.4, -0.2) is 30.0 Å². The van der Waals surface area contributed by atoms with Crippen LogP contribution in [0.3, 0.4) is 0 Å². The van der Waals surface area contributed by atoms with Gasteiger partial charge in [0.2, 0.25) is 5.91 Å². The second kappa shape index (κ2) is 6.52. The Balaban J connectivity index is 2.41. The molecule has 0 radical (unpaired) electrons. The van der Waals surface area contributed by atoms with Gasteiger partial charge < -0.3 is 15.7 Å². The lowest BCUT2D eigenvalue weighted by molar-refractivity contribution is -0.120. The van der Waals surface area contributed by atoms with Crippen LogP contribution in [0.4, 0.5) is 0 Å². The Hall–Kier alpha value is -2.04. The summed E-state index contributed by atoms with van der Waals surface area (Å²) in [6, 6.07) is 6.27. The SMILES string of the molecule is CCNC(=O)CCNC(=O)c1ccccc1O. The molecule has 0 fully saturated rings.